The van der Waals surface area contributed by atoms with E-state index in [0.717, 1.165) is 37.1 Å². The summed E-state index contributed by atoms with van der Waals surface area (Å²) >= 11 is 7.56. The summed E-state index contributed by atoms with van der Waals surface area (Å²) in [5.41, 5.74) is 2.29. The van der Waals surface area contributed by atoms with E-state index in [4.69, 9.17) is 17.4 Å². The van der Waals surface area contributed by atoms with Crippen molar-refractivity contribution < 1.29 is 19.1 Å². The minimum absolute atomic E-state index is 0.106. The van der Waals surface area contributed by atoms with E-state index < -0.39 is 30.9 Å². The molecule has 12 heteroatoms. The zero-order valence-corrected chi connectivity index (χ0v) is 20.1. The summed E-state index contributed by atoms with van der Waals surface area (Å²) in [7, 11) is 1.18. The molecule has 1 aliphatic heterocycles. The van der Waals surface area contributed by atoms with Crippen molar-refractivity contribution in [2.75, 3.05) is 19.0 Å². The maximum absolute atomic E-state index is 13.3. The number of esters is 1. The fourth-order valence-electron chi connectivity index (χ4n) is 3.52. The molecule has 10 nitrogen and oxygen atoms in total. The number of imide groups is 1. The van der Waals surface area contributed by atoms with Crippen molar-refractivity contribution >= 4 is 56.9 Å². The first kappa shape index (κ1) is 23.7. The summed E-state index contributed by atoms with van der Waals surface area (Å²) in [5.74, 6) is 5.41. The third kappa shape index (κ3) is 4.76. The van der Waals surface area contributed by atoms with Crippen molar-refractivity contribution in [2.45, 2.75) is 26.2 Å². The van der Waals surface area contributed by atoms with Crippen LogP contribution < -0.4 is 11.2 Å². The van der Waals surface area contributed by atoms with E-state index in [1.807, 2.05) is 25.1 Å². The van der Waals surface area contributed by atoms with Gasteiger partial charge in [-0.05, 0) is 42.3 Å². The summed E-state index contributed by atoms with van der Waals surface area (Å²) < 4.78 is 5.60. The Morgan fingerprint density at radius 1 is 1.21 bits per heavy atom. The molecule has 1 aromatic heterocycles. The maximum Gasteiger partial charge on any atom is 0.346 e. The number of methoxy groups -OCH3 is 1. The van der Waals surface area contributed by atoms with E-state index in [-0.39, 0.29) is 6.54 Å². The van der Waals surface area contributed by atoms with Gasteiger partial charge in [0, 0.05) is 10.7 Å². The van der Waals surface area contributed by atoms with Crippen LogP contribution in [0.15, 0.2) is 42.5 Å². The summed E-state index contributed by atoms with van der Waals surface area (Å²) in [6.45, 7) is 1.59. The molecular formula is C22H23ClN6O4S. The molecule has 1 unspecified atom stereocenters. The molecule has 1 aliphatic rings. The first-order valence-electron chi connectivity index (χ1n) is 10.4. The van der Waals surface area contributed by atoms with Gasteiger partial charge in [0.05, 0.1) is 28.9 Å². The fourth-order valence-corrected chi connectivity index (χ4v) is 4.59. The number of aromatic nitrogens is 1. The number of rotatable bonds is 7. The molecule has 0 spiro atoms. The molecule has 1 atom stereocenters. The van der Waals surface area contributed by atoms with Gasteiger partial charge in [-0.3, -0.25) is 9.69 Å². The zero-order chi connectivity index (χ0) is 24.4. The molecule has 0 aliphatic carbocycles. The van der Waals surface area contributed by atoms with Crippen LogP contribution in [0.1, 0.15) is 17.5 Å². The second kappa shape index (κ2) is 9.84. The Morgan fingerprint density at radius 2 is 1.94 bits per heavy atom. The van der Waals surface area contributed by atoms with E-state index in [1.54, 1.807) is 35.6 Å². The molecule has 1 fully saturated rings. The standard InChI is InChI=1S/C22H23ClN6O4S/c1-3-18-26-16-9-8-15(10-17(16)34-18)25-20-27(11-13-4-6-14(23)7-5-13)21(31)28(12-19(30)33-2)22(32)29(20)24/h4-10,20,25H,3,11-12,24H2,1-2H3. The molecule has 0 saturated carbocycles. The Bertz CT molecular complexity index is 1230. The molecule has 4 amide bonds. The number of ether oxygens (including phenoxy) is 1. The highest BCUT2D eigenvalue weighted by Crippen LogP contribution is 2.28. The van der Waals surface area contributed by atoms with Crippen molar-refractivity contribution in [3.8, 4) is 0 Å². The van der Waals surface area contributed by atoms with Crippen LogP contribution in [-0.2, 0) is 22.5 Å². The predicted molar refractivity (Wildman–Crippen MR) is 129 cm³/mol. The third-order valence-corrected chi connectivity index (χ3v) is 6.71. The molecule has 0 bridgehead atoms. The van der Waals surface area contributed by atoms with E-state index >= 15 is 0 Å². The van der Waals surface area contributed by atoms with Crippen LogP contribution in [0.25, 0.3) is 10.2 Å². The number of carbonyl (C=O) groups excluding carboxylic acids is 3. The Balaban J connectivity index is 1.66. The minimum Gasteiger partial charge on any atom is -0.468 e. The molecule has 2 aromatic carbocycles. The quantitative estimate of drug-likeness (QED) is 0.287. The van der Waals surface area contributed by atoms with Crippen LogP contribution in [-0.4, -0.2) is 57.8 Å². The number of urea groups is 2. The number of amides is 4. The Labute approximate surface area is 204 Å². The minimum atomic E-state index is -1.01. The number of benzene rings is 2. The van der Waals surface area contributed by atoms with Gasteiger partial charge in [-0.15, -0.1) is 11.3 Å². The molecule has 34 heavy (non-hydrogen) atoms. The SMILES string of the molecule is CCc1nc2ccc(NC3N(N)C(=O)N(CC(=O)OC)C(=O)N3Cc3ccc(Cl)cc3)cc2s1. The third-order valence-electron chi connectivity index (χ3n) is 5.30. The van der Waals surface area contributed by atoms with Gasteiger partial charge >= 0.3 is 18.0 Å². The second-order valence-electron chi connectivity index (χ2n) is 7.55. The molecule has 2 heterocycles. The van der Waals surface area contributed by atoms with Gasteiger partial charge in [-0.25, -0.2) is 30.3 Å². The van der Waals surface area contributed by atoms with E-state index in [1.165, 1.54) is 12.0 Å². The largest absolute Gasteiger partial charge is 0.468 e. The van der Waals surface area contributed by atoms with Crippen molar-refractivity contribution in [1.29, 1.82) is 0 Å². The number of halogens is 1. The van der Waals surface area contributed by atoms with Crippen molar-refractivity contribution in [2.24, 2.45) is 5.84 Å². The molecule has 3 aromatic rings. The van der Waals surface area contributed by atoms with Gasteiger partial charge in [-0.1, -0.05) is 30.7 Å². The van der Waals surface area contributed by atoms with Gasteiger partial charge < -0.3 is 10.1 Å². The molecule has 3 N–H and O–H groups in total. The lowest BCUT2D eigenvalue weighted by Gasteiger charge is -2.45. The topological polar surface area (TPSA) is 121 Å². The van der Waals surface area contributed by atoms with Gasteiger partial charge in [0.1, 0.15) is 6.54 Å². The number of anilines is 1. The second-order valence-corrected chi connectivity index (χ2v) is 9.10. The lowest BCUT2D eigenvalue weighted by molar-refractivity contribution is -0.141. The lowest BCUT2D eigenvalue weighted by Crippen LogP contribution is -2.70. The smallest absolute Gasteiger partial charge is 0.346 e. The van der Waals surface area contributed by atoms with Gasteiger partial charge in [-0.2, -0.15) is 0 Å². The molecule has 178 valence electrons. The number of hydrazine groups is 1. The first-order valence-corrected chi connectivity index (χ1v) is 11.6. The molecule has 0 radical (unpaired) electrons. The van der Waals surface area contributed by atoms with Gasteiger partial charge in [0.25, 0.3) is 0 Å². The van der Waals surface area contributed by atoms with Gasteiger partial charge in [0.15, 0.2) is 0 Å². The average Bonchev–Trinajstić information content (AvgIpc) is 3.26. The van der Waals surface area contributed by atoms with Crippen molar-refractivity contribution in [3.05, 3.63) is 58.1 Å². The van der Waals surface area contributed by atoms with Crippen molar-refractivity contribution in [3.63, 3.8) is 0 Å². The van der Waals surface area contributed by atoms with Crippen LogP contribution in [0.2, 0.25) is 5.02 Å². The number of hydrogen-bond acceptors (Lipinski definition) is 8. The number of nitrogens with one attached hydrogen (secondary N) is 1. The summed E-state index contributed by atoms with van der Waals surface area (Å²) in [5, 5.41) is 5.62. The highest BCUT2D eigenvalue weighted by atomic mass is 35.5. The zero-order valence-electron chi connectivity index (χ0n) is 18.5. The summed E-state index contributed by atoms with van der Waals surface area (Å²) in [4.78, 5) is 44.7. The Hall–Kier alpha value is -3.41. The molecule has 1 saturated heterocycles. The number of fused-ring (bicyclic) bond motifs is 1. The van der Waals surface area contributed by atoms with E-state index in [2.05, 4.69) is 15.0 Å². The number of thiazole rings is 1. The number of hydrogen-bond donors (Lipinski definition) is 2. The number of aryl methyl sites for hydroxylation is 1. The van der Waals surface area contributed by atoms with E-state index in [0.29, 0.717) is 10.7 Å². The molecule has 4 rings (SSSR count). The van der Waals surface area contributed by atoms with Crippen LogP contribution in [0.4, 0.5) is 15.3 Å². The van der Waals surface area contributed by atoms with Crippen LogP contribution >= 0.6 is 22.9 Å². The van der Waals surface area contributed by atoms with Crippen LogP contribution in [0, 0.1) is 0 Å². The Kier molecular flexibility index (Phi) is 6.87. The summed E-state index contributed by atoms with van der Waals surface area (Å²) in [6, 6.07) is 11.0. The number of nitrogens with two attached hydrogens (primary N) is 1. The summed E-state index contributed by atoms with van der Waals surface area (Å²) in [6.07, 6.45) is -0.185. The highest BCUT2D eigenvalue weighted by Gasteiger charge is 2.44. The van der Waals surface area contributed by atoms with Crippen molar-refractivity contribution in [1.82, 2.24) is 19.8 Å². The monoisotopic (exact) mass is 502 g/mol. The average molecular weight is 503 g/mol. The normalized spacial score (nSPS) is 16.4. The first-order chi connectivity index (χ1) is 16.3. The molecular weight excluding hydrogens is 480 g/mol. The fraction of sp³-hybridized carbons (Fsp3) is 0.273. The maximum atomic E-state index is 13.3. The Morgan fingerprint density at radius 3 is 2.62 bits per heavy atom. The van der Waals surface area contributed by atoms with E-state index in [9.17, 15) is 14.4 Å². The number of carbonyl (C=O) groups is 3. The van der Waals surface area contributed by atoms with Gasteiger partial charge in [0.2, 0.25) is 6.29 Å². The number of nitrogens with zero attached hydrogens (tertiary/aromatic N) is 4. The van der Waals surface area contributed by atoms with Crippen LogP contribution in [0.3, 0.4) is 0 Å². The lowest BCUT2D eigenvalue weighted by atomic mass is 10.2. The predicted octanol–water partition coefficient (Wildman–Crippen LogP) is 3.61. The highest BCUT2D eigenvalue weighted by molar-refractivity contribution is 7.18. The van der Waals surface area contributed by atoms with Crippen LogP contribution in [0.5, 0.6) is 0 Å².